The molecule has 0 radical (unpaired) electrons. The van der Waals surface area contributed by atoms with Gasteiger partial charge in [0.05, 0.1) is 61.8 Å². The molecule has 68 heavy (non-hydrogen) atoms. The summed E-state index contributed by atoms with van der Waals surface area (Å²) in [6.07, 6.45) is 7.60. The highest BCUT2D eigenvalue weighted by Gasteiger charge is 2.58. The van der Waals surface area contributed by atoms with Gasteiger partial charge in [0, 0.05) is 42.8 Å². The third-order valence-corrected chi connectivity index (χ3v) is 13.9. The second-order valence-electron chi connectivity index (χ2n) is 18.2. The number of amides is 1. The van der Waals surface area contributed by atoms with Crippen molar-refractivity contribution in [3.63, 3.8) is 0 Å². The van der Waals surface area contributed by atoms with Crippen molar-refractivity contribution < 1.29 is 58.8 Å². The molecule has 2 aliphatic carbocycles. The number of hydrogen-bond donors (Lipinski definition) is 6. The average Bonchev–Trinajstić information content (AvgIpc) is 4.10. The number of aliphatic hydroxyl groups excluding tert-OH is 2. The zero-order chi connectivity index (χ0) is 47.3. The Kier molecular flexibility index (Phi) is 12.5. The number of aromatic hydroxyl groups is 2. The fourth-order valence-electron chi connectivity index (χ4n) is 10.4. The topological polar surface area (TPSA) is 209 Å². The van der Waals surface area contributed by atoms with Crippen LogP contribution in [-0.4, -0.2) is 125 Å². The number of ketones is 1. The first-order valence-corrected chi connectivity index (χ1v) is 23.0. The Morgan fingerprint density at radius 1 is 1.07 bits per heavy atom. The van der Waals surface area contributed by atoms with Crippen molar-refractivity contribution in [2.24, 2.45) is 4.99 Å². The number of methoxy groups -OCH3 is 1. The molecular weight excluding hydrogens is 871 g/mol. The van der Waals surface area contributed by atoms with Crippen molar-refractivity contribution in [1.82, 2.24) is 10.2 Å². The van der Waals surface area contributed by atoms with Crippen molar-refractivity contribution in [2.45, 2.75) is 81.1 Å². The number of rotatable bonds is 12. The Bertz CT molecular complexity index is 2830. The van der Waals surface area contributed by atoms with Gasteiger partial charge in [-0.25, -0.2) is 0 Å². The van der Waals surface area contributed by atoms with Crippen LogP contribution < -0.4 is 14.8 Å². The number of nitrogens with zero attached hydrogens (tertiary/aromatic N) is 2. The maximum atomic E-state index is 14.8. The van der Waals surface area contributed by atoms with Gasteiger partial charge in [-0.1, -0.05) is 43.2 Å². The molecule has 4 heterocycles. The molecule has 6 N–H and O–H groups in total. The van der Waals surface area contributed by atoms with Gasteiger partial charge in [0.25, 0.3) is 5.91 Å². The van der Waals surface area contributed by atoms with E-state index in [1.54, 1.807) is 48.7 Å². The molecule has 15 heteroatoms. The largest absolute Gasteiger partial charge is 0.508 e. The fraction of sp³-hybridized carbons (Fsp3) is 0.358. The summed E-state index contributed by atoms with van der Waals surface area (Å²) in [5, 5.41) is 62.5. The highest BCUT2D eigenvalue weighted by atomic mass is 16.7. The van der Waals surface area contributed by atoms with E-state index < -0.39 is 54.4 Å². The van der Waals surface area contributed by atoms with Crippen LogP contribution in [-0.2, 0) is 27.4 Å². The van der Waals surface area contributed by atoms with Crippen molar-refractivity contribution in [3.05, 3.63) is 141 Å². The van der Waals surface area contributed by atoms with E-state index in [1.807, 2.05) is 43.8 Å². The lowest BCUT2D eigenvalue weighted by Crippen LogP contribution is -2.70. The summed E-state index contributed by atoms with van der Waals surface area (Å²) in [6.45, 7) is -0.919. The summed E-state index contributed by atoms with van der Waals surface area (Å²) >= 11 is 0. The van der Waals surface area contributed by atoms with Gasteiger partial charge in [-0.3, -0.25) is 9.59 Å². The summed E-state index contributed by atoms with van der Waals surface area (Å²) in [6, 6.07) is 17.2. The lowest BCUT2D eigenvalue weighted by molar-refractivity contribution is -0.337. The van der Waals surface area contributed by atoms with Crippen LogP contribution in [0.1, 0.15) is 74.6 Å². The molecule has 4 aromatic carbocycles. The summed E-state index contributed by atoms with van der Waals surface area (Å²) < 4.78 is 32.3. The van der Waals surface area contributed by atoms with Crippen LogP contribution in [0.25, 0.3) is 16.8 Å². The maximum absolute atomic E-state index is 14.8. The maximum Gasteiger partial charge on any atom is 0.254 e. The number of fused-ring (bicyclic) bond motifs is 7. The van der Waals surface area contributed by atoms with Gasteiger partial charge in [0.15, 0.2) is 17.1 Å². The molecule has 1 amide bonds. The molecular formula is C53H54N3O12+. The summed E-state index contributed by atoms with van der Waals surface area (Å²) in [4.78, 5) is 34.6. The number of aliphatic hydroxyl groups is 3. The van der Waals surface area contributed by atoms with E-state index in [4.69, 9.17) is 23.7 Å². The molecule has 10 rings (SSSR count). The standard InChI is InChI=1S/C53H53N3O12/c1-54-22-29-14-16-40-38(19-29)39(23-55-40)42-17-15-36-43(64-2)21-33-20-37(31-9-3-4-10-31)46(41(59)25-56-24-32-11-5-6-13-35(32)51(56)62)48(61)45(33)49(36)68-52-53(63,28-57)50(47(60)44(67-52)27-65-42)66-26-30-8-7-12-34(58)18-30/h5-8,11-21,23,31,42,44,47,50,52,54,57,60,63H,3-4,9-10,22,24-28H2,1-2H3,(H-,58,59,61)/p+1. The van der Waals surface area contributed by atoms with Crippen molar-refractivity contribution in [2.75, 3.05) is 40.5 Å². The Morgan fingerprint density at radius 2 is 1.90 bits per heavy atom. The van der Waals surface area contributed by atoms with Crippen molar-refractivity contribution >= 4 is 34.8 Å². The third-order valence-electron chi connectivity index (χ3n) is 13.9. The van der Waals surface area contributed by atoms with E-state index in [0.717, 1.165) is 48.1 Å². The molecule has 352 valence electrons. The number of carbonyl (C=O) groups excluding carboxylic acids is 2. The van der Waals surface area contributed by atoms with E-state index in [-0.39, 0.29) is 66.1 Å². The van der Waals surface area contributed by atoms with Crippen molar-refractivity contribution in [3.8, 4) is 23.0 Å². The van der Waals surface area contributed by atoms with Crippen LogP contribution in [0.5, 0.6) is 23.0 Å². The number of nitrogens with one attached hydrogen (secondary N) is 1. The molecule has 1 saturated heterocycles. The normalized spacial score (nSPS) is 25.6. The zero-order valence-electron chi connectivity index (χ0n) is 37.8. The van der Waals surface area contributed by atoms with E-state index in [1.165, 1.54) is 24.1 Å². The van der Waals surface area contributed by atoms with E-state index >= 15 is 0 Å². The number of ether oxygens (including phenoxy) is 5. The van der Waals surface area contributed by atoms with Crippen LogP contribution in [0, 0.1) is 6.42 Å². The molecule has 0 spiro atoms. The quantitative estimate of drug-likeness (QED) is 0.0760. The fourth-order valence-corrected chi connectivity index (χ4v) is 10.4. The number of carbonyl (C=O) groups is 2. The second kappa shape index (κ2) is 18.7. The van der Waals surface area contributed by atoms with E-state index in [0.29, 0.717) is 39.9 Å². The first-order chi connectivity index (χ1) is 33.0. The molecule has 2 fully saturated rings. The number of allylic oxidation sites excluding steroid dienone is 3. The van der Waals surface area contributed by atoms with Crippen LogP contribution >= 0.6 is 0 Å². The molecule has 6 atom stereocenters. The lowest BCUT2D eigenvalue weighted by atomic mass is 9.86. The predicted octanol–water partition coefficient (Wildman–Crippen LogP) is 5.57. The molecule has 6 aliphatic rings. The van der Waals surface area contributed by atoms with Crippen LogP contribution in [0.3, 0.4) is 0 Å². The minimum absolute atomic E-state index is 0.0172. The van der Waals surface area contributed by atoms with E-state index in [9.17, 15) is 35.1 Å². The smallest absolute Gasteiger partial charge is 0.254 e. The Morgan fingerprint density at radius 3 is 2.66 bits per heavy atom. The highest BCUT2D eigenvalue weighted by molar-refractivity contribution is 6.11. The van der Waals surface area contributed by atoms with Gasteiger partial charge in [-0.05, 0) is 90.4 Å². The highest BCUT2D eigenvalue weighted by Crippen LogP contribution is 2.50. The predicted molar refractivity (Wildman–Crippen MR) is 252 cm³/mol. The number of phenols is 2. The third kappa shape index (κ3) is 8.17. The Balaban J connectivity index is 1.14. The summed E-state index contributed by atoms with van der Waals surface area (Å²) in [5.74, 6) is -0.976. The van der Waals surface area contributed by atoms with Crippen LogP contribution in [0.4, 0.5) is 0 Å². The number of benzene rings is 4. The van der Waals surface area contributed by atoms with Gasteiger partial charge >= 0.3 is 0 Å². The SMILES string of the molecule is CNCC1=CC=C2N=CC(C3C=Cc4c(OC)cc5cc(C6CCCC6)c(C(=O)CN6Cc7ccccc7C6=O)c(O)c5c4OC4OC(CO3)C(O)C(OCc3cccc(O)c3)C4(O)CO)=C2[CH+]1. The molecule has 4 aliphatic heterocycles. The molecule has 4 aromatic rings. The van der Waals surface area contributed by atoms with Crippen LogP contribution in [0.15, 0.2) is 106 Å². The van der Waals surface area contributed by atoms with Crippen molar-refractivity contribution in [1.29, 1.82) is 0 Å². The average molecular weight is 925 g/mol. The Labute approximate surface area is 393 Å². The molecule has 6 unspecified atom stereocenters. The second-order valence-corrected chi connectivity index (χ2v) is 18.2. The molecule has 1 saturated carbocycles. The number of likely N-dealkylation sites (N-methyl/N-ethyl adjacent to an activating group) is 1. The number of hydrogen-bond acceptors (Lipinski definition) is 14. The van der Waals surface area contributed by atoms with Gasteiger partial charge in [0.1, 0.15) is 53.0 Å². The Hall–Kier alpha value is -6.30. The monoisotopic (exact) mass is 924 g/mol. The molecule has 15 nitrogen and oxygen atoms in total. The number of Topliss-reactive ketones (excluding diaryl/α,β-unsaturated/α-hetero) is 1. The van der Waals surface area contributed by atoms with Gasteiger partial charge in [-0.15, -0.1) is 0 Å². The van der Waals surface area contributed by atoms with Crippen LogP contribution in [0.2, 0.25) is 0 Å². The van der Waals surface area contributed by atoms with Gasteiger partial charge < -0.3 is 59.4 Å². The lowest BCUT2D eigenvalue weighted by Gasteiger charge is -2.48. The number of aliphatic imine (C=N–C) groups is 1. The minimum atomic E-state index is -2.46. The van der Waals surface area contributed by atoms with Gasteiger partial charge in [-0.2, -0.15) is 4.99 Å². The summed E-state index contributed by atoms with van der Waals surface area (Å²) in [7, 11) is 3.36. The van der Waals surface area contributed by atoms with Gasteiger partial charge in [0.2, 0.25) is 6.29 Å². The minimum Gasteiger partial charge on any atom is -0.508 e. The number of phenolic OH excluding ortho intramolecular Hbond substituents is 2. The first-order valence-electron chi connectivity index (χ1n) is 23.0. The summed E-state index contributed by atoms with van der Waals surface area (Å²) in [5.41, 5.74) is 3.64. The van der Waals surface area contributed by atoms with E-state index in [2.05, 4.69) is 10.3 Å². The first kappa shape index (κ1) is 45.5. The molecule has 2 bridgehead atoms. The molecule has 0 aromatic heterocycles. The zero-order valence-corrected chi connectivity index (χ0v) is 37.8.